The third kappa shape index (κ3) is 3.86. The van der Waals surface area contributed by atoms with E-state index >= 15 is 0 Å². The summed E-state index contributed by atoms with van der Waals surface area (Å²) in [6.07, 6.45) is 1.41. The van der Waals surface area contributed by atoms with Crippen molar-refractivity contribution in [3.05, 3.63) is 74.3 Å². The van der Waals surface area contributed by atoms with Crippen LogP contribution in [0, 0.1) is 10.1 Å². The van der Waals surface area contributed by atoms with E-state index in [0.29, 0.717) is 12.0 Å². The molecule has 1 amide bonds. The van der Waals surface area contributed by atoms with Gasteiger partial charge in [0.15, 0.2) is 0 Å². The van der Waals surface area contributed by atoms with E-state index in [1.54, 1.807) is 0 Å². The van der Waals surface area contributed by atoms with E-state index in [0.717, 1.165) is 12.5 Å². The molecule has 8 nitrogen and oxygen atoms in total. The Labute approximate surface area is 177 Å². The van der Waals surface area contributed by atoms with Crippen LogP contribution in [-0.2, 0) is 9.59 Å². The Morgan fingerprint density at radius 3 is 2.60 bits per heavy atom. The van der Waals surface area contributed by atoms with Gasteiger partial charge in [0, 0.05) is 24.2 Å². The number of likely N-dealkylation sites (tertiary alicyclic amines) is 1. The molecule has 1 fully saturated rings. The average Bonchev–Trinajstić information content (AvgIpc) is 2.98. The maximum Gasteiger partial charge on any atom is 0.295 e. The number of nitrogens with zero attached hydrogens (tertiary/aromatic N) is 2. The molecule has 0 saturated carbocycles. The van der Waals surface area contributed by atoms with Crippen molar-refractivity contribution in [3.63, 3.8) is 0 Å². The quantitative estimate of drug-likeness (QED) is 0.233. The van der Waals surface area contributed by atoms with Crippen LogP contribution in [-0.4, -0.2) is 38.3 Å². The molecule has 9 heteroatoms. The molecule has 2 aromatic rings. The van der Waals surface area contributed by atoms with Gasteiger partial charge in [0.2, 0.25) is 0 Å². The highest BCUT2D eigenvalue weighted by Crippen LogP contribution is 2.41. The van der Waals surface area contributed by atoms with Crippen molar-refractivity contribution in [2.45, 2.75) is 25.8 Å². The Balaban J connectivity index is 2.20. The summed E-state index contributed by atoms with van der Waals surface area (Å²) in [5.74, 6) is -2.33. The number of aliphatic hydroxyl groups excluding tert-OH is 1. The van der Waals surface area contributed by atoms with Crippen LogP contribution in [0.2, 0.25) is 5.02 Å². The zero-order valence-electron chi connectivity index (χ0n) is 16.0. The molecular formula is C21H19ClN2O6. The lowest BCUT2D eigenvalue weighted by atomic mass is 9.95. The van der Waals surface area contributed by atoms with Crippen LogP contribution in [0.1, 0.15) is 36.9 Å². The first-order valence-corrected chi connectivity index (χ1v) is 9.65. The second-order valence-electron chi connectivity index (χ2n) is 6.86. The van der Waals surface area contributed by atoms with Gasteiger partial charge in [-0.3, -0.25) is 19.7 Å². The number of halogens is 1. The van der Waals surface area contributed by atoms with Gasteiger partial charge in [-0.15, -0.1) is 0 Å². The number of unbranched alkanes of at least 4 members (excludes halogenated alkanes) is 1. The van der Waals surface area contributed by atoms with Crippen LogP contribution in [0.15, 0.2) is 48.0 Å². The lowest BCUT2D eigenvalue weighted by Gasteiger charge is -2.25. The van der Waals surface area contributed by atoms with Gasteiger partial charge in [-0.05, 0) is 24.1 Å². The average molecular weight is 431 g/mol. The van der Waals surface area contributed by atoms with Crippen LogP contribution in [0.4, 0.5) is 5.69 Å². The highest BCUT2D eigenvalue weighted by molar-refractivity contribution is 6.46. The monoisotopic (exact) mass is 430 g/mol. The fourth-order valence-electron chi connectivity index (χ4n) is 3.40. The van der Waals surface area contributed by atoms with E-state index in [9.17, 15) is 29.9 Å². The summed E-state index contributed by atoms with van der Waals surface area (Å²) >= 11 is 6.03. The van der Waals surface area contributed by atoms with Crippen LogP contribution in [0.3, 0.4) is 0 Å². The van der Waals surface area contributed by atoms with E-state index in [2.05, 4.69) is 0 Å². The van der Waals surface area contributed by atoms with Crippen molar-refractivity contribution >= 4 is 34.7 Å². The largest absolute Gasteiger partial charge is 0.507 e. The zero-order chi connectivity index (χ0) is 22.0. The van der Waals surface area contributed by atoms with Crippen molar-refractivity contribution in [1.29, 1.82) is 0 Å². The van der Waals surface area contributed by atoms with Gasteiger partial charge in [0.05, 0.1) is 21.6 Å². The molecule has 30 heavy (non-hydrogen) atoms. The number of hydrogen-bond acceptors (Lipinski definition) is 6. The van der Waals surface area contributed by atoms with Crippen molar-refractivity contribution in [3.8, 4) is 5.75 Å². The molecule has 1 atom stereocenters. The molecule has 0 bridgehead atoms. The third-order valence-corrected chi connectivity index (χ3v) is 5.21. The summed E-state index contributed by atoms with van der Waals surface area (Å²) in [4.78, 5) is 37.3. The molecule has 0 aliphatic carbocycles. The molecule has 3 rings (SSSR count). The molecule has 0 aromatic heterocycles. The van der Waals surface area contributed by atoms with Gasteiger partial charge in [-0.2, -0.15) is 0 Å². The second kappa shape index (κ2) is 8.54. The van der Waals surface area contributed by atoms with E-state index < -0.39 is 28.4 Å². The maximum atomic E-state index is 12.8. The molecular weight excluding hydrogens is 412 g/mol. The Morgan fingerprint density at radius 1 is 1.23 bits per heavy atom. The summed E-state index contributed by atoms with van der Waals surface area (Å²) in [6, 6.07) is 8.53. The van der Waals surface area contributed by atoms with Crippen LogP contribution < -0.4 is 0 Å². The number of non-ortho nitro benzene ring substituents is 1. The highest BCUT2D eigenvalue weighted by atomic mass is 35.5. The number of aliphatic hydroxyl groups is 1. The molecule has 0 radical (unpaired) electrons. The van der Waals surface area contributed by atoms with Crippen LogP contribution >= 0.6 is 11.6 Å². The van der Waals surface area contributed by atoms with Crippen molar-refractivity contribution in [2.75, 3.05) is 6.54 Å². The number of ketones is 1. The Bertz CT molecular complexity index is 1070. The Kier molecular flexibility index (Phi) is 6.07. The minimum Gasteiger partial charge on any atom is -0.507 e. The van der Waals surface area contributed by atoms with Crippen molar-refractivity contribution in [1.82, 2.24) is 4.90 Å². The number of carbonyl (C=O) groups excluding carboxylic acids is 2. The molecule has 1 aliphatic heterocycles. The van der Waals surface area contributed by atoms with E-state index in [1.807, 2.05) is 6.92 Å². The van der Waals surface area contributed by atoms with Gasteiger partial charge in [-0.1, -0.05) is 43.1 Å². The topological polar surface area (TPSA) is 121 Å². The first kappa shape index (κ1) is 21.3. The van der Waals surface area contributed by atoms with Gasteiger partial charge in [-0.25, -0.2) is 0 Å². The van der Waals surface area contributed by atoms with Crippen LogP contribution in [0.5, 0.6) is 5.75 Å². The first-order chi connectivity index (χ1) is 14.3. The predicted molar refractivity (Wildman–Crippen MR) is 110 cm³/mol. The number of Topliss-reactive ketones (excluding diaryl/α,β-unsaturated/α-hetero) is 1. The van der Waals surface area contributed by atoms with E-state index in [-0.39, 0.29) is 34.1 Å². The number of nitro groups is 1. The Morgan fingerprint density at radius 2 is 1.97 bits per heavy atom. The molecule has 0 spiro atoms. The second-order valence-corrected chi connectivity index (χ2v) is 7.27. The zero-order valence-corrected chi connectivity index (χ0v) is 16.8. The fourth-order valence-corrected chi connectivity index (χ4v) is 3.59. The van der Waals surface area contributed by atoms with Gasteiger partial charge in [0.1, 0.15) is 11.5 Å². The van der Waals surface area contributed by atoms with Crippen molar-refractivity contribution < 1.29 is 24.7 Å². The summed E-state index contributed by atoms with van der Waals surface area (Å²) in [6.45, 7) is 2.21. The Hall–Kier alpha value is -3.39. The molecule has 2 N–H and O–H groups in total. The summed E-state index contributed by atoms with van der Waals surface area (Å²) in [7, 11) is 0. The number of carbonyl (C=O) groups is 2. The number of phenols is 1. The molecule has 1 saturated heterocycles. The molecule has 1 heterocycles. The van der Waals surface area contributed by atoms with Crippen LogP contribution in [0.25, 0.3) is 5.76 Å². The number of nitro benzene ring substituents is 1. The lowest BCUT2D eigenvalue weighted by molar-refractivity contribution is -0.384. The first-order valence-electron chi connectivity index (χ1n) is 9.28. The molecule has 2 aromatic carbocycles. The SMILES string of the molecule is CCCCN1C(=O)C(=O)/C(=C(\O)c2cccc([N+](=O)[O-])c2)C1c1ccc(O)c(Cl)c1. The summed E-state index contributed by atoms with van der Waals surface area (Å²) in [5, 5.41) is 31.7. The van der Waals surface area contributed by atoms with E-state index in [1.165, 1.54) is 41.3 Å². The minimum atomic E-state index is -0.936. The standard InChI is InChI=1S/C21H19ClN2O6/c1-2-3-9-23-18(12-7-8-16(25)15(22)11-12)17(20(27)21(23)28)19(26)13-5-4-6-14(10-13)24(29)30/h4-8,10-11,18,25-26H,2-3,9H2,1H3/b19-17-. The predicted octanol–water partition coefficient (Wildman–Crippen LogP) is 4.18. The fraction of sp³-hybridized carbons (Fsp3) is 0.238. The highest BCUT2D eigenvalue weighted by Gasteiger charge is 2.45. The maximum absolute atomic E-state index is 12.8. The van der Waals surface area contributed by atoms with Gasteiger partial charge in [0.25, 0.3) is 17.4 Å². The molecule has 156 valence electrons. The molecule has 1 unspecified atom stereocenters. The number of rotatable bonds is 6. The number of phenolic OH excluding ortho intramolecular Hbond substituents is 1. The normalized spacial score (nSPS) is 18.1. The summed E-state index contributed by atoms with van der Waals surface area (Å²) < 4.78 is 0. The smallest absolute Gasteiger partial charge is 0.295 e. The third-order valence-electron chi connectivity index (χ3n) is 4.91. The minimum absolute atomic E-state index is 0.0314. The summed E-state index contributed by atoms with van der Waals surface area (Å²) in [5.41, 5.74) is 0.0366. The number of hydrogen-bond donors (Lipinski definition) is 2. The van der Waals surface area contributed by atoms with Crippen molar-refractivity contribution in [2.24, 2.45) is 0 Å². The number of amides is 1. The van der Waals surface area contributed by atoms with E-state index in [4.69, 9.17) is 11.6 Å². The lowest BCUT2D eigenvalue weighted by Crippen LogP contribution is -2.30. The number of benzene rings is 2. The van der Waals surface area contributed by atoms with Gasteiger partial charge < -0.3 is 15.1 Å². The van der Waals surface area contributed by atoms with Gasteiger partial charge >= 0.3 is 0 Å². The number of aromatic hydroxyl groups is 1. The molecule has 1 aliphatic rings.